The molecule has 0 bridgehead atoms. The molecule has 0 radical (unpaired) electrons. The molecule has 17 heavy (non-hydrogen) atoms. The molecule has 1 unspecified atom stereocenters. The van der Waals surface area contributed by atoms with Gasteiger partial charge in [-0.1, -0.05) is 37.1 Å². The zero-order valence-electron chi connectivity index (χ0n) is 10.7. The second-order valence-corrected chi connectivity index (χ2v) is 4.76. The standard InChI is InChI=1S/C14H22ClNO/c1-3-4-12(2)16-9-10-17-11-13-5-7-14(15)8-6-13/h5-8,12,16H,3-4,9-11H2,1-2H3. The van der Waals surface area contributed by atoms with Gasteiger partial charge in [-0.3, -0.25) is 0 Å². The highest BCUT2D eigenvalue weighted by atomic mass is 35.5. The molecule has 2 nitrogen and oxygen atoms in total. The molecule has 1 aromatic rings. The van der Waals surface area contributed by atoms with Crippen molar-refractivity contribution in [3.05, 3.63) is 34.9 Å². The molecule has 0 aliphatic carbocycles. The molecule has 0 saturated heterocycles. The molecule has 0 aromatic heterocycles. The zero-order valence-corrected chi connectivity index (χ0v) is 11.5. The summed E-state index contributed by atoms with van der Waals surface area (Å²) in [6, 6.07) is 8.35. The zero-order chi connectivity index (χ0) is 12.5. The number of hydrogen-bond donors (Lipinski definition) is 1. The van der Waals surface area contributed by atoms with Gasteiger partial charge in [0.15, 0.2) is 0 Å². The number of halogens is 1. The van der Waals surface area contributed by atoms with Crippen molar-refractivity contribution in [2.45, 2.75) is 39.3 Å². The minimum Gasteiger partial charge on any atom is -0.375 e. The van der Waals surface area contributed by atoms with Crippen molar-refractivity contribution in [2.75, 3.05) is 13.2 Å². The van der Waals surface area contributed by atoms with Crippen LogP contribution in [0.1, 0.15) is 32.3 Å². The van der Waals surface area contributed by atoms with Gasteiger partial charge in [-0.25, -0.2) is 0 Å². The largest absolute Gasteiger partial charge is 0.375 e. The third-order valence-corrected chi connectivity index (χ3v) is 2.89. The highest BCUT2D eigenvalue weighted by Gasteiger charge is 1.98. The Labute approximate surface area is 109 Å². The summed E-state index contributed by atoms with van der Waals surface area (Å²) in [5.74, 6) is 0. The quantitative estimate of drug-likeness (QED) is 0.717. The van der Waals surface area contributed by atoms with Crippen LogP contribution in [0.15, 0.2) is 24.3 Å². The van der Waals surface area contributed by atoms with Crippen LogP contribution < -0.4 is 5.32 Å². The molecule has 1 aromatic carbocycles. The van der Waals surface area contributed by atoms with E-state index in [4.69, 9.17) is 16.3 Å². The van der Waals surface area contributed by atoms with Crippen LogP contribution in [0.3, 0.4) is 0 Å². The lowest BCUT2D eigenvalue weighted by Gasteiger charge is -2.12. The van der Waals surface area contributed by atoms with Gasteiger partial charge in [-0.05, 0) is 31.0 Å². The molecule has 1 rings (SSSR count). The van der Waals surface area contributed by atoms with E-state index in [9.17, 15) is 0 Å². The van der Waals surface area contributed by atoms with E-state index < -0.39 is 0 Å². The Bertz CT molecular complexity index is 300. The van der Waals surface area contributed by atoms with Gasteiger partial charge in [0.2, 0.25) is 0 Å². The molecule has 1 N–H and O–H groups in total. The fraction of sp³-hybridized carbons (Fsp3) is 0.571. The Hall–Kier alpha value is -0.570. The Morgan fingerprint density at radius 2 is 2.00 bits per heavy atom. The highest BCUT2D eigenvalue weighted by Crippen LogP contribution is 2.09. The van der Waals surface area contributed by atoms with Gasteiger partial charge in [-0.2, -0.15) is 0 Å². The molecule has 0 heterocycles. The van der Waals surface area contributed by atoms with Crippen molar-refractivity contribution in [3.8, 4) is 0 Å². The van der Waals surface area contributed by atoms with Crippen molar-refractivity contribution < 1.29 is 4.74 Å². The lowest BCUT2D eigenvalue weighted by Crippen LogP contribution is -2.29. The maximum Gasteiger partial charge on any atom is 0.0717 e. The molecule has 0 fully saturated rings. The maximum atomic E-state index is 5.81. The lowest BCUT2D eigenvalue weighted by atomic mass is 10.2. The van der Waals surface area contributed by atoms with Crippen LogP contribution >= 0.6 is 11.6 Å². The molecule has 1 atom stereocenters. The van der Waals surface area contributed by atoms with Gasteiger partial charge >= 0.3 is 0 Å². The first-order chi connectivity index (χ1) is 8.22. The third kappa shape index (κ3) is 6.67. The van der Waals surface area contributed by atoms with Crippen molar-refractivity contribution in [1.82, 2.24) is 5.32 Å². The summed E-state index contributed by atoms with van der Waals surface area (Å²) in [7, 11) is 0. The first-order valence-electron chi connectivity index (χ1n) is 6.28. The van der Waals surface area contributed by atoms with Gasteiger partial charge < -0.3 is 10.1 Å². The Morgan fingerprint density at radius 1 is 1.29 bits per heavy atom. The normalized spacial score (nSPS) is 12.6. The number of rotatable bonds is 8. The van der Waals surface area contributed by atoms with Gasteiger partial charge in [0.05, 0.1) is 13.2 Å². The van der Waals surface area contributed by atoms with E-state index in [-0.39, 0.29) is 0 Å². The van der Waals surface area contributed by atoms with Gasteiger partial charge in [0, 0.05) is 17.6 Å². The number of hydrogen-bond acceptors (Lipinski definition) is 2. The maximum absolute atomic E-state index is 5.81. The first kappa shape index (κ1) is 14.5. The van der Waals surface area contributed by atoms with Crippen molar-refractivity contribution in [2.24, 2.45) is 0 Å². The molecular formula is C14H22ClNO. The van der Waals surface area contributed by atoms with Gasteiger partial charge in [-0.15, -0.1) is 0 Å². The number of nitrogens with one attached hydrogen (secondary N) is 1. The predicted molar refractivity (Wildman–Crippen MR) is 73.5 cm³/mol. The molecule has 0 saturated carbocycles. The van der Waals surface area contributed by atoms with Crippen molar-refractivity contribution in [1.29, 1.82) is 0 Å². The van der Waals surface area contributed by atoms with E-state index >= 15 is 0 Å². The minimum atomic E-state index is 0.583. The summed E-state index contributed by atoms with van der Waals surface area (Å²) in [5, 5.41) is 4.20. The van der Waals surface area contributed by atoms with Crippen LogP contribution in [0.2, 0.25) is 5.02 Å². The van der Waals surface area contributed by atoms with Crippen LogP contribution in [-0.4, -0.2) is 19.2 Å². The lowest BCUT2D eigenvalue weighted by molar-refractivity contribution is 0.121. The Morgan fingerprint density at radius 3 is 2.65 bits per heavy atom. The second kappa shape index (κ2) is 8.51. The average Bonchev–Trinajstić information content (AvgIpc) is 2.31. The van der Waals surface area contributed by atoms with E-state index in [0.29, 0.717) is 12.6 Å². The summed E-state index contributed by atoms with van der Waals surface area (Å²) >= 11 is 5.81. The monoisotopic (exact) mass is 255 g/mol. The van der Waals surface area contributed by atoms with Crippen LogP contribution in [-0.2, 0) is 11.3 Å². The molecule has 0 aliphatic heterocycles. The van der Waals surface area contributed by atoms with E-state index in [2.05, 4.69) is 19.2 Å². The second-order valence-electron chi connectivity index (χ2n) is 4.32. The van der Waals surface area contributed by atoms with Crippen molar-refractivity contribution in [3.63, 3.8) is 0 Å². The highest BCUT2D eigenvalue weighted by molar-refractivity contribution is 6.30. The van der Waals surface area contributed by atoms with Crippen LogP contribution in [0.25, 0.3) is 0 Å². The molecule has 0 aliphatic rings. The van der Waals surface area contributed by atoms with E-state index in [1.165, 1.54) is 12.8 Å². The third-order valence-electron chi connectivity index (χ3n) is 2.64. The van der Waals surface area contributed by atoms with Crippen LogP contribution in [0, 0.1) is 0 Å². The summed E-state index contributed by atoms with van der Waals surface area (Å²) in [6.45, 7) is 6.73. The smallest absolute Gasteiger partial charge is 0.0717 e. The average molecular weight is 256 g/mol. The van der Waals surface area contributed by atoms with E-state index in [1.54, 1.807) is 0 Å². The van der Waals surface area contributed by atoms with Crippen LogP contribution in [0.4, 0.5) is 0 Å². The Balaban J connectivity index is 2.06. The molecule has 3 heteroatoms. The van der Waals surface area contributed by atoms with Crippen molar-refractivity contribution >= 4 is 11.6 Å². The number of ether oxygens (including phenoxy) is 1. The summed E-state index contributed by atoms with van der Waals surface area (Å²) in [5.41, 5.74) is 1.16. The topological polar surface area (TPSA) is 21.3 Å². The van der Waals surface area contributed by atoms with Gasteiger partial charge in [0.1, 0.15) is 0 Å². The molecular weight excluding hydrogens is 234 g/mol. The Kier molecular flexibility index (Phi) is 7.25. The fourth-order valence-electron chi connectivity index (χ4n) is 1.68. The predicted octanol–water partition coefficient (Wildman–Crippen LogP) is 3.63. The SMILES string of the molecule is CCCC(C)NCCOCc1ccc(Cl)cc1. The van der Waals surface area contributed by atoms with Crippen LogP contribution in [0.5, 0.6) is 0 Å². The minimum absolute atomic E-state index is 0.583. The fourth-order valence-corrected chi connectivity index (χ4v) is 1.81. The molecule has 0 amide bonds. The summed E-state index contributed by atoms with van der Waals surface area (Å²) in [4.78, 5) is 0. The molecule has 0 spiro atoms. The summed E-state index contributed by atoms with van der Waals surface area (Å²) in [6.07, 6.45) is 2.44. The van der Waals surface area contributed by atoms with Gasteiger partial charge in [0.25, 0.3) is 0 Å². The first-order valence-corrected chi connectivity index (χ1v) is 6.65. The number of benzene rings is 1. The van der Waals surface area contributed by atoms with E-state index in [0.717, 1.165) is 23.7 Å². The van der Waals surface area contributed by atoms with E-state index in [1.807, 2.05) is 24.3 Å². The summed E-state index contributed by atoms with van der Waals surface area (Å²) < 4.78 is 5.58. The molecule has 96 valence electrons.